The second kappa shape index (κ2) is 7.48. The number of anilines is 1. The van der Waals surface area contributed by atoms with Gasteiger partial charge in [0, 0.05) is 11.4 Å². The van der Waals surface area contributed by atoms with E-state index in [4.69, 9.17) is 10.6 Å². The number of hydrogen-bond donors (Lipinski definition) is 3. The molecule has 27 heavy (non-hydrogen) atoms. The van der Waals surface area contributed by atoms with Crippen molar-refractivity contribution in [3.05, 3.63) is 21.3 Å². The molecule has 0 radical (unpaired) electrons. The summed E-state index contributed by atoms with van der Waals surface area (Å²) in [5.74, 6) is -2.13. The highest BCUT2D eigenvalue weighted by Crippen LogP contribution is 2.40. The van der Waals surface area contributed by atoms with Crippen LogP contribution in [0.4, 0.5) is 5.13 Å². The zero-order chi connectivity index (χ0) is 19.9. The van der Waals surface area contributed by atoms with Crippen molar-refractivity contribution >= 4 is 67.7 Å². The number of aliphatic carboxylic acids is 1. The molecule has 13 heteroatoms. The molecule has 0 saturated carbocycles. The lowest BCUT2D eigenvalue weighted by atomic mass is 10.1. The number of rotatable bonds is 5. The van der Waals surface area contributed by atoms with Crippen LogP contribution in [-0.2, 0) is 19.2 Å². The Labute approximate surface area is 169 Å². The highest BCUT2D eigenvalue weighted by Gasteiger charge is 2.52. The molecule has 2 aliphatic rings. The Morgan fingerprint density at radius 1 is 1.52 bits per heavy atom. The normalized spacial score (nSPS) is 24.6. The van der Waals surface area contributed by atoms with Gasteiger partial charge in [0.2, 0.25) is 0 Å². The number of carboxylic acids is 1. The maximum atomic E-state index is 12.7. The van der Waals surface area contributed by atoms with E-state index >= 15 is 0 Å². The Bertz CT molecular complexity index is 885. The summed E-state index contributed by atoms with van der Waals surface area (Å²) in [7, 11) is 1.28. The lowest BCUT2D eigenvalue weighted by Gasteiger charge is -2.48. The van der Waals surface area contributed by atoms with Crippen LogP contribution in [-0.4, -0.2) is 62.3 Å². The second-order valence-corrected chi connectivity index (χ2v) is 9.36. The number of aromatic nitrogens is 1. The van der Waals surface area contributed by atoms with Crippen molar-refractivity contribution in [2.45, 2.75) is 23.6 Å². The summed E-state index contributed by atoms with van der Waals surface area (Å²) in [6, 6.07) is -0.812. The van der Waals surface area contributed by atoms with Gasteiger partial charge in [-0.15, -0.1) is 11.8 Å². The Kier molecular flexibility index (Phi) is 5.44. The molecule has 1 aromatic heterocycles. The summed E-state index contributed by atoms with van der Waals surface area (Å²) in [6.45, 7) is 1.73. The third-order valence-corrected chi connectivity index (χ3v) is 6.87. The molecule has 0 spiro atoms. The molecule has 1 fully saturated rings. The molecular formula is C14H14BrN5O5S2. The number of thiazole rings is 1. The molecular weight excluding hydrogens is 462 g/mol. The highest BCUT2D eigenvalue weighted by molar-refractivity contribution is 9.11. The number of hydrogen-bond acceptors (Lipinski definition) is 9. The van der Waals surface area contributed by atoms with Crippen molar-refractivity contribution < 1.29 is 24.3 Å². The minimum atomic E-state index is -1.07. The third kappa shape index (κ3) is 3.53. The Hall–Kier alpha value is -2.12. The van der Waals surface area contributed by atoms with Crippen LogP contribution in [0.2, 0.25) is 0 Å². The summed E-state index contributed by atoms with van der Waals surface area (Å²) in [4.78, 5) is 46.3. The summed E-state index contributed by atoms with van der Waals surface area (Å²) in [5.41, 5.74) is 5.86. The van der Waals surface area contributed by atoms with Gasteiger partial charge in [0.15, 0.2) is 10.8 Å². The number of β-lactam (4-membered cyclic amide) rings is 1. The monoisotopic (exact) mass is 475 g/mol. The molecule has 1 aromatic rings. The van der Waals surface area contributed by atoms with Gasteiger partial charge < -0.3 is 25.9 Å². The number of halogens is 1. The van der Waals surface area contributed by atoms with E-state index in [1.54, 1.807) is 6.92 Å². The number of oxime groups is 1. The SMILES string of the molecule is CON=C(C(=O)NC1C(=O)N2C=C(C(=O)O)C(C)S[C@H]12)c1nc(N)sc1Br. The quantitative estimate of drug-likeness (QED) is 0.318. The van der Waals surface area contributed by atoms with Gasteiger partial charge in [-0.3, -0.25) is 9.59 Å². The fourth-order valence-corrected chi connectivity index (χ4v) is 5.32. The number of carbonyl (C=O) groups is 3. The van der Waals surface area contributed by atoms with Crippen molar-refractivity contribution in [3.63, 3.8) is 0 Å². The first-order valence-electron chi connectivity index (χ1n) is 7.51. The molecule has 1 saturated heterocycles. The average molecular weight is 476 g/mol. The van der Waals surface area contributed by atoms with Gasteiger partial charge >= 0.3 is 5.97 Å². The Morgan fingerprint density at radius 3 is 2.78 bits per heavy atom. The highest BCUT2D eigenvalue weighted by atomic mass is 79.9. The van der Waals surface area contributed by atoms with Gasteiger partial charge in [0.25, 0.3) is 11.8 Å². The van der Waals surface area contributed by atoms with Gasteiger partial charge in [-0.2, -0.15) is 0 Å². The fourth-order valence-electron chi connectivity index (χ4n) is 2.62. The topological polar surface area (TPSA) is 147 Å². The lowest BCUT2D eigenvalue weighted by Crippen LogP contribution is -2.69. The second-order valence-electron chi connectivity index (χ2n) is 5.55. The number of carbonyl (C=O) groups excluding carboxylic acids is 2. The summed E-state index contributed by atoms with van der Waals surface area (Å²) < 4.78 is 0.502. The maximum absolute atomic E-state index is 12.7. The fraction of sp³-hybridized carbons (Fsp3) is 0.357. The van der Waals surface area contributed by atoms with E-state index in [9.17, 15) is 19.5 Å². The molecule has 10 nitrogen and oxygen atoms in total. The Balaban J connectivity index is 1.79. The molecule has 0 aliphatic carbocycles. The molecule has 4 N–H and O–H groups in total. The van der Waals surface area contributed by atoms with Gasteiger partial charge in [-0.1, -0.05) is 16.5 Å². The lowest BCUT2D eigenvalue weighted by molar-refractivity contribution is -0.144. The Morgan fingerprint density at radius 2 is 2.22 bits per heavy atom. The zero-order valence-corrected chi connectivity index (χ0v) is 17.2. The van der Waals surface area contributed by atoms with Gasteiger partial charge in [0.1, 0.15) is 28.0 Å². The third-order valence-electron chi connectivity index (χ3n) is 3.90. The van der Waals surface area contributed by atoms with E-state index in [-0.39, 0.29) is 27.4 Å². The molecule has 0 aromatic carbocycles. The van der Waals surface area contributed by atoms with Crippen LogP contribution >= 0.6 is 39.0 Å². The van der Waals surface area contributed by atoms with E-state index in [1.807, 2.05) is 0 Å². The molecule has 3 atom stereocenters. The number of amides is 2. The van der Waals surface area contributed by atoms with Crippen LogP contribution in [0.1, 0.15) is 12.6 Å². The molecule has 3 rings (SSSR count). The first-order chi connectivity index (χ1) is 12.7. The predicted octanol–water partition coefficient (Wildman–Crippen LogP) is 0.595. The minimum Gasteiger partial charge on any atom is -0.478 e. The smallest absolute Gasteiger partial charge is 0.334 e. The maximum Gasteiger partial charge on any atom is 0.334 e. The largest absolute Gasteiger partial charge is 0.478 e. The standard InChI is InChI=1S/C14H14BrN5O5S2/c1-4-5(13(23)24)3-20-11(22)8(12(20)26-4)17-10(21)7(19-25-2)6-9(15)27-14(16)18-6/h3-4,8,12H,1-2H3,(H2,16,18)(H,17,21)(H,23,24)/t4?,8?,12-/m1/s1. The number of carboxylic acid groups (broad SMARTS) is 1. The van der Waals surface area contributed by atoms with Gasteiger partial charge in [-0.25, -0.2) is 9.78 Å². The summed E-state index contributed by atoms with van der Waals surface area (Å²) >= 11 is 5.67. The van der Waals surface area contributed by atoms with E-state index < -0.39 is 29.2 Å². The number of fused-ring (bicyclic) bond motifs is 1. The summed E-state index contributed by atoms with van der Waals surface area (Å²) in [5, 5.41) is 15.0. The molecule has 2 amide bonds. The molecule has 3 heterocycles. The van der Waals surface area contributed by atoms with Crippen LogP contribution in [0, 0.1) is 0 Å². The number of nitrogens with two attached hydrogens (primary N) is 1. The van der Waals surface area contributed by atoms with Crippen LogP contribution in [0.15, 0.2) is 20.7 Å². The first kappa shape index (κ1) is 19.6. The van der Waals surface area contributed by atoms with Crippen molar-refractivity contribution in [3.8, 4) is 0 Å². The van der Waals surface area contributed by atoms with Crippen molar-refractivity contribution in [1.29, 1.82) is 0 Å². The van der Waals surface area contributed by atoms with Crippen molar-refractivity contribution in [2.75, 3.05) is 12.8 Å². The molecule has 144 valence electrons. The van der Waals surface area contributed by atoms with Crippen LogP contribution in [0.5, 0.6) is 0 Å². The number of nitrogens with zero attached hydrogens (tertiary/aromatic N) is 3. The molecule has 0 bridgehead atoms. The van der Waals surface area contributed by atoms with E-state index in [0.29, 0.717) is 3.79 Å². The number of nitrogen functional groups attached to an aromatic ring is 1. The molecule has 2 aliphatic heterocycles. The van der Waals surface area contributed by atoms with Gasteiger partial charge in [0.05, 0.1) is 5.57 Å². The predicted molar refractivity (Wildman–Crippen MR) is 103 cm³/mol. The van der Waals surface area contributed by atoms with Crippen LogP contribution in [0.3, 0.4) is 0 Å². The van der Waals surface area contributed by atoms with Gasteiger partial charge in [-0.05, 0) is 22.9 Å². The minimum absolute atomic E-state index is 0.126. The van der Waals surface area contributed by atoms with Crippen molar-refractivity contribution in [2.24, 2.45) is 5.16 Å². The first-order valence-corrected chi connectivity index (χ1v) is 10.1. The number of thioether (sulfide) groups is 1. The van der Waals surface area contributed by atoms with Crippen LogP contribution < -0.4 is 11.1 Å². The van der Waals surface area contributed by atoms with E-state index in [2.05, 4.69) is 31.4 Å². The zero-order valence-electron chi connectivity index (χ0n) is 14.0. The van der Waals surface area contributed by atoms with Crippen LogP contribution in [0.25, 0.3) is 0 Å². The van der Waals surface area contributed by atoms with E-state index in [0.717, 1.165) is 11.3 Å². The number of nitrogens with one attached hydrogen (secondary N) is 1. The summed E-state index contributed by atoms with van der Waals surface area (Å²) in [6.07, 6.45) is 1.32. The van der Waals surface area contributed by atoms with Crippen molar-refractivity contribution in [1.82, 2.24) is 15.2 Å². The molecule has 2 unspecified atom stereocenters. The van der Waals surface area contributed by atoms with E-state index in [1.165, 1.54) is 30.0 Å². The average Bonchev–Trinajstić information content (AvgIpc) is 2.94.